The van der Waals surface area contributed by atoms with Crippen LogP contribution in [-0.2, 0) is 9.47 Å². The topological polar surface area (TPSA) is 82.3 Å². The first-order chi connectivity index (χ1) is 7.77. The van der Waals surface area contributed by atoms with Crippen LogP contribution in [0.4, 0.5) is 11.6 Å². The summed E-state index contributed by atoms with van der Waals surface area (Å²) in [6.07, 6.45) is 1.38. The highest BCUT2D eigenvalue weighted by Gasteiger charge is 2.15. The number of nitrogens with zero attached hydrogens (tertiary/aromatic N) is 2. The molecule has 1 atom stereocenters. The minimum atomic E-state index is 0.0148. The Morgan fingerprint density at radius 3 is 3.12 bits per heavy atom. The number of halogens is 1. The van der Waals surface area contributed by atoms with Crippen molar-refractivity contribution in [2.75, 3.05) is 37.4 Å². The second-order valence-electron chi connectivity index (χ2n) is 3.37. The van der Waals surface area contributed by atoms with Crippen LogP contribution in [0.25, 0.3) is 0 Å². The van der Waals surface area contributed by atoms with E-state index in [0.717, 1.165) is 0 Å². The molecule has 0 radical (unpaired) electrons. The first-order valence-electron chi connectivity index (χ1n) is 4.96. The molecule has 0 spiro atoms. The number of nitrogens with two attached hydrogens (primary N) is 1. The molecule has 0 aliphatic carbocycles. The predicted octanol–water partition coefficient (Wildman–Crippen LogP) is 0.540. The number of hydrogen-bond acceptors (Lipinski definition) is 6. The third-order valence-electron chi connectivity index (χ3n) is 2.20. The SMILES string of the molecule is Nc1ncnc(NCC2COCCO2)c1Cl. The molecule has 0 aromatic carbocycles. The number of nitrogen functional groups attached to an aromatic ring is 1. The Morgan fingerprint density at radius 1 is 1.50 bits per heavy atom. The van der Waals surface area contributed by atoms with Gasteiger partial charge in [-0.1, -0.05) is 11.6 Å². The van der Waals surface area contributed by atoms with Crippen LogP contribution in [0.5, 0.6) is 0 Å². The Labute approximate surface area is 98.1 Å². The molecule has 1 unspecified atom stereocenters. The summed E-state index contributed by atoms with van der Waals surface area (Å²) in [6, 6.07) is 0. The van der Waals surface area contributed by atoms with Crippen molar-refractivity contribution in [3.8, 4) is 0 Å². The molecular formula is C9H13ClN4O2. The Balaban J connectivity index is 1.91. The van der Waals surface area contributed by atoms with Crippen molar-refractivity contribution < 1.29 is 9.47 Å². The number of aromatic nitrogens is 2. The molecule has 0 bridgehead atoms. The maximum absolute atomic E-state index is 5.93. The van der Waals surface area contributed by atoms with Crippen molar-refractivity contribution in [1.82, 2.24) is 9.97 Å². The van der Waals surface area contributed by atoms with Gasteiger partial charge in [0.05, 0.1) is 25.9 Å². The normalized spacial score (nSPS) is 20.7. The summed E-state index contributed by atoms with van der Waals surface area (Å²) >= 11 is 5.93. The van der Waals surface area contributed by atoms with Gasteiger partial charge in [0.1, 0.15) is 17.2 Å². The van der Waals surface area contributed by atoms with Crippen LogP contribution in [0, 0.1) is 0 Å². The molecule has 16 heavy (non-hydrogen) atoms. The molecule has 1 fully saturated rings. The molecule has 7 heteroatoms. The summed E-state index contributed by atoms with van der Waals surface area (Å²) in [4.78, 5) is 7.77. The van der Waals surface area contributed by atoms with Crippen molar-refractivity contribution >= 4 is 23.2 Å². The smallest absolute Gasteiger partial charge is 0.150 e. The lowest BCUT2D eigenvalue weighted by molar-refractivity contribution is -0.0819. The quantitative estimate of drug-likeness (QED) is 0.808. The van der Waals surface area contributed by atoms with Gasteiger partial charge in [-0.3, -0.25) is 0 Å². The van der Waals surface area contributed by atoms with E-state index in [9.17, 15) is 0 Å². The molecule has 0 saturated carbocycles. The number of hydrogen-bond donors (Lipinski definition) is 2. The first-order valence-corrected chi connectivity index (χ1v) is 5.34. The van der Waals surface area contributed by atoms with Gasteiger partial charge < -0.3 is 20.5 Å². The highest BCUT2D eigenvalue weighted by atomic mass is 35.5. The fourth-order valence-electron chi connectivity index (χ4n) is 1.37. The lowest BCUT2D eigenvalue weighted by atomic mass is 10.3. The van der Waals surface area contributed by atoms with Gasteiger partial charge in [0.25, 0.3) is 0 Å². The van der Waals surface area contributed by atoms with E-state index < -0.39 is 0 Å². The molecular weight excluding hydrogens is 232 g/mol. The molecule has 1 aromatic heterocycles. The summed E-state index contributed by atoms with van der Waals surface area (Å²) < 4.78 is 10.7. The van der Waals surface area contributed by atoms with Crippen LogP contribution < -0.4 is 11.1 Å². The van der Waals surface area contributed by atoms with Crippen LogP contribution in [-0.4, -0.2) is 42.4 Å². The average molecular weight is 245 g/mol. The van der Waals surface area contributed by atoms with Crippen LogP contribution >= 0.6 is 11.6 Å². The van der Waals surface area contributed by atoms with Crippen molar-refractivity contribution in [3.63, 3.8) is 0 Å². The fourth-order valence-corrected chi connectivity index (χ4v) is 1.54. The predicted molar refractivity (Wildman–Crippen MR) is 60.5 cm³/mol. The Hall–Kier alpha value is -1.11. The van der Waals surface area contributed by atoms with E-state index in [4.69, 9.17) is 26.8 Å². The lowest BCUT2D eigenvalue weighted by Gasteiger charge is -2.23. The Morgan fingerprint density at radius 2 is 2.38 bits per heavy atom. The second kappa shape index (κ2) is 5.29. The maximum atomic E-state index is 5.93. The molecule has 0 amide bonds. The number of rotatable bonds is 3. The molecule has 1 saturated heterocycles. The molecule has 1 aliphatic rings. The maximum Gasteiger partial charge on any atom is 0.150 e. The van der Waals surface area contributed by atoms with Crippen molar-refractivity contribution in [2.24, 2.45) is 0 Å². The van der Waals surface area contributed by atoms with E-state index in [1.165, 1.54) is 6.33 Å². The minimum absolute atomic E-state index is 0.0148. The lowest BCUT2D eigenvalue weighted by Crippen LogP contribution is -2.34. The third kappa shape index (κ3) is 2.72. The largest absolute Gasteiger partial charge is 0.382 e. The van der Waals surface area contributed by atoms with Crippen molar-refractivity contribution in [3.05, 3.63) is 11.3 Å². The molecule has 2 heterocycles. The van der Waals surface area contributed by atoms with Gasteiger partial charge in [0, 0.05) is 6.54 Å². The summed E-state index contributed by atoms with van der Waals surface area (Å²) in [7, 11) is 0. The van der Waals surface area contributed by atoms with E-state index in [1.54, 1.807) is 0 Å². The summed E-state index contributed by atoms with van der Waals surface area (Å²) in [5.74, 6) is 0.781. The van der Waals surface area contributed by atoms with E-state index in [2.05, 4.69) is 15.3 Å². The molecule has 2 rings (SSSR count). The van der Waals surface area contributed by atoms with E-state index >= 15 is 0 Å². The monoisotopic (exact) mass is 244 g/mol. The van der Waals surface area contributed by atoms with Gasteiger partial charge in [-0.25, -0.2) is 9.97 Å². The molecule has 1 aliphatic heterocycles. The number of nitrogens with one attached hydrogen (secondary N) is 1. The van der Waals surface area contributed by atoms with Crippen molar-refractivity contribution in [2.45, 2.75) is 6.10 Å². The van der Waals surface area contributed by atoms with E-state index in [0.29, 0.717) is 37.2 Å². The summed E-state index contributed by atoms with van der Waals surface area (Å²) in [5.41, 5.74) is 5.55. The van der Waals surface area contributed by atoms with E-state index in [1.807, 2.05) is 0 Å². The van der Waals surface area contributed by atoms with Crippen LogP contribution in [0.2, 0.25) is 5.02 Å². The number of ether oxygens (including phenoxy) is 2. The first kappa shape index (κ1) is 11.4. The highest BCUT2D eigenvalue weighted by molar-refractivity contribution is 6.35. The zero-order chi connectivity index (χ0) is 11.4. The third-order valence-corrected chi connectivity index (χ3v) is 2.57. The van der Waals surface area contributed by atoms with Gasteiger partial charge in [0.2, 0.25) is 0 Å². The standard InChI is InChI=1S/C9H13ClN4O2/c10-7-8(11)13-5-14-9(7)12-3-6-4-15-1-2-16-6/h5-6H,1-4H2,(H3,11,12,13,14). The fraction of sp³-hybridized carbons (Fsp3) is 0.556. The van der Waals surface area contributed by atoms with Gasteiger partial charge in [-0.05, 0) is 0 Å². The van der Waals surface area contributed by atoms with Crippen LogP contribution in [0.15, 0.2) is 6.33 Å². The zero-order valence-corrected chi connectivity index (χ0v) is 9.41. The molecule has 3 N–H and O–H groups in total. The molecule has 88 valence electrons. The average Bonchev–Trinajstić information content (AvgIpc) is 2.32. The summed E-state index contributed by atoms with van der Waals surface area (Å²) in [5, 5.41) is 3.39. The van der Waals surface area contributed by atoms with Crippen LogP contribution in [0.3, 0.4) is 0 Å². The number of anilines is 2. The molecule has 6 nitrogen and oxygen atoms in total. The Kier molecular flexibility index (Phi) is 3.76. The summed E-state index contributed by atoms with van der Waals surface area (Å²) in [6.45, 7) is 2.42. The zero-order valence-electron chi connectivity index (χ0n) is 8.65. The van der Waals surface area contributed by atoms with Crippen molar-refractivity contribution in [1.29, 1.82) is 0 Å². The van der Waals surface area contributed by atoms with Gasteiger partial charge >= 0.3 is 0 Å². The molecule has 1 aromatic rings. The minimum Gasteiger partial charge on any atom is -0.382 e. The van der Waals surface area contributed by atoms with Gasteiger partial charge in [-0.2, -0.15) is 0 Å². The van der Waals surface area contributed by atoms with Crippen LogP contribution in [0.1, 0.15) is 0 Å². The van der Waals surface area contributed by atoms with Gasteiger partial charge in [0.15, 0.2) is 5.82 Å². The second-order valence-corrected chi connectivity index (χ2v) is 3.75. The Bertz CT molecular complexity index is 357. The highest BCUT2D eigenvalue weighted by Crippen LogP contribution is 2.23. The van der Waals surface area contributed by atoms with E-state index in [-0.39, 0.29) is 11.9 Å². The van der Waals surface area contributed by atoms with Gasteiger partial charge in [-0.15, -0.1) is 0 Å².